The second-order valence-electron chi connectivity index (χ2n) is 2.97. The Kier molecular flexibility index (Phi) is 1.91. The quantitative estimate of drug-likeness (QED) is 0.751. The van der Waals surface area contributed by atoms with Crippen LogP contribution in [-0.2, 0) is 10.1 Å². The second-order valence-corrected chi connectivity index (χ2v) is 5.15. The highest BCUT2D eigenvalue weighted by atomic mass is 32.2. The van der Waals surface area contributed by atoms with Crippen LogP contribution in [0, 0.1) is 13.8 Å². The molecule has 1 N–H and O–H groups in total. The third-order valence-electron chi connectivity index (χ3n) is 1.90. The highest BCUT2D eigenvalue weighted by molar-refractivity contribution is 7.85. The summed E-state index contributed by atoms with van der Waals surface area (Å²) in [6, 6.07) is 0. The molecule has 0 bridgehead atoms. The molecule has 0 fully saturated rings. The maximum Gasteiger partial charge on any atom is 0.312 e. The van der Waals surface area contributed by atoms with E-state index in [0.717, 1.165) is 5.69 Å². The van der Waals surface area contributed by atoms with E-state index in [4.69, 9.17) is 4.55 Å². The summed E-state index contributed by atoms with van der Waals surface area (Å²) in [6.45, 7) is 3.32. The molecule has 0 atom stereocenters. The fourth-order valence-corrected chi connectivity index (χ4v) is 3.22. The maximum atomic E-state index is 11.1. The zero-order valence-electron chi connectivity index (χ0n) is 7.55. The fraction of sp³-hybridized carbons (Fsp3) is 0.286. The predicted octanol–water partition coefficient (Wildman–Crippen LogP) is 1.26. The first-order valence-corrected chi connectivity index (χ1v) is 6.14. The Bertz CT molecular complexity index is 594. The molecule has 0 saturated carbocycles. The molecule has 0 aliphatic rings. The number of thiazole rings is 1. The van der Waals surface area contributed by atoms with Crippen molar-refractivity contribution < 1.29 is 13.0 Å². The van der Waals surface area contributed by atoms with Crippen molar-refractivity contribution in [2.45, 2.75) is 18.9 Å². The van der Waals surface area contributed by atoms with Gasteiger partial charge >= 0.3 is 10.1 Å². The molecule has 0 aromatic carbocycles. The summed E-state index contributed by atoms with van der Waals surface area (Å²) in [6.07, 6.45) is 0. The van der Waals surface area contributed by atoms with Crippen molar-refractivity contribution in [1.29, 1.82) is 0 Å². The van der Waals surface area contributed by atoms with E-state index < -0.39 is 10.1 Å². The largest absolute Gasteiger partial charge is 0.312 e. The lowest BCUT2D eigenvalue weighted by Gasteiger charge is -1.97. The van der Waals surface area contributed by atoms with E-state index in [1.807, 2.05) is 0 Å². The Morgan fingerprint density at radius 3 is 2.71 bits per heavy atom. The van der Waals surface area contributed by atoms with Crippen LogP contribution in [-0.4, -0.2) is 22.4 Å². The van der Waals surface area contributed by atoms with Gasteiger partial charge in [-0.25, -0.2) is 4.98 Å². The lowest BCUT2D eigenvalue weighted by Crippen LogP contribution is -2.04. The highest BCUT2D eigenvalue weighted by Gasteiger charge is 2.22. The summed E-state index contributed by atoms with van der Waals surface area (Å²) in [5, 5.41) is 1.66. The smallest absolute Gasteiger partial charge is 0.281 e. The minimum absolute atomic E-state index is 0.133. The standard InChI is InChI=1S/C7H8N2O3S2/c1-4-3-13-7-8-5(2)6(9(4)7)14(10,11)12/h3H,1-2H3,(H,10,11,12). The first kappa shape index (κ1) is 9.63. The van der Waals surface area contributed by atoms with Crippen LogP contribution in [0.2, 0.25) is 0 Å². The van der Waals surface area contributed by atoms with E-state index in [1.165, 1.54) is 15.7 Å². The van der Waals surface area contributed by atoms with Gasteiger partial charge in [-0.05, 0) is 13.8 Å². The van der Waals surface area contributed by atoms with E-state index >= 15 is 0 Å². The van der Waals surface area contributed by atoms with Crippen LogP contribution in [0.5, 0.6) is 0 Å². The summed E-state index contributed by atoms with van der Waals surface area (Å²) in [5.41, 5.74) is 1.07. The monoisotopic (exact) mass is 232 g/mol. The zero-order valence-corrected chi connectivity index (χ0v) is 9.18. The van der Waals surface area contributed by atoms with Crippen LogP contribution in [0.1, 0.15) is 11.4 Å². The maximum absolute atomic E-state index is 11.1. The Morgan fingerprint density at radius 2 is 2.14 bits per heavy atom. The van der Waals surface area contributed by atoms with Crippen LogP contribution in [0.4, 0.5) is 0 Å². The molecule has 0 radical (unpaired) electrons. The number of aromatic nitrogens is 2. The number of hydrogen-bond donors (Lipinski definition) is 1. The summed E-state index contributed by atoms with van der Waals surface area (Å²) in [7, 11) is -4.20. The number of rotatable bonds is 1. The van der Waals surface area contributed by atoms with Crippen molar-refractivity contribution in [2.75, 3.05) is 0 Å². The van der Waals surface area contributed by atoms with E-state index in [9.17, 15) is 8.42 Å². The minimum atomic E-state index is -4.20. The van der Waals surface area contributed by atoms with Gasteiger partial charge in [0.2, 0.25) is 0 Å². The number of aryl methyl sites for hydroxylation is 2. The van der Waals surface area contributed by atoms with Gasteiger partial charge in [0.25, 0.3) is 0 Å². The van der Waals surface area contributed by atoms with Crippen molar-refractivity contribution in [3.63, 3.8) is 0 Å². The average molecular weight is 232 g/mol. The van der Waals surface area contributed by atoms with Crippen molar-refractivity contribution in [1.82, 2.24) is 9.38 Å². The van der Waals surface area contributed by atoms with Gasteiger partial charge in [0, 0.05) is 11.1 Å². The predicted molar refractivity (Wildman–Crippen MR) is 52.4 cm³/mol. The molecular formula is C7H8N2O3S2. The minimum Gasteiger partial charge on any atom is -0.281 e. The van der Waals surface area contributed by atoms with Gasteiger partial charge in [-0.1, -0.05) is 0 Å². The highest BCUT2D eigenvalue weighted by Crippen LogP contribution is 2.23. The number of imidazole rings is 1. The Labute approximate surface area is 84.8 Å². The molecular weight excluding hydrogens is 224 g/mol. The van der Waals surface area contributed by atoms with E-state index in [-0.39, 0.29) is 5.03 Å². The summed E-state index contributed by atoms with van der Waals surface area (Å²) in [4.78, 5) is 4.62. The molecule has 5 nitrogen and oxygen atoms in total. The lowest BCUT2D eigenvalue weighted by molar-refractivity contribution is 0.477. The normalized spacial score (nSPS) is 12.5. The average Bonchev–Trinajstić information content (AvgIpc) is 2.49. The first-order valence-electron chi connectivity index (χ1n) is 3.82. The van der Waals surface area contributed by atoms with E-state index in [0.29, 0.717) is 10.7 Å². The molecule has 0 saturated heterocycles. The molecule has 2 rings (SSSR count). The van der Waals surface area contributed by atoms with Gasteiger partial charge in [0.15, 0.2) is 9.99 Å². The van der Waals surface area contributed by atoms with Crippen LogP contribution in [0.15, 0.2) is 10.4 Å². The van der Waals surface area contributed by atoms with Gasteiger partial charge in [-0.15, -0.1) is 11.3 Å². The SMILES string of the molecule is Cc1nc2scc(C)n2c1S(=O)(=O)O. The summed E-state index contributed by atoms with van der Waals surface area (Å²) < 4.78 is 32.6. The molecule has 2 aromatic rings. The van der Waals surface area contributed by atoms with Crippen molar-refractivity contribution in [2.24, 2.45) is 0 Å². The molecule has 0 aliphatic heterocycles. The van der Waals surface area contributed by atoms with Crippen molar-refractivity contribution in [3.05, 3.63) is 16.8 Å². The third-order valence-corrected chi connectivity index (χ3v) is 3.81. The number of nitrogens with zero attached hydrogens (tertiary/aromatic N) is 2. The second kappa shape index (κ2) is 2.78. The first-order chi connectivity index (χ1) is 6.41. The van der Waals surface area contributed by atoms with Crippen LogP contribution >= 0.6 is 11.3 Å². The summed E-state index contributed by atoms with van der Waals surface area (Å²) >= 11 is 1.34. The summed E-state index contributed by atoms with van der Waals surface area (Å²) in [5.74, 6) is 0. The molecule has 7 heteroatoms. The van der Waals surface area contributed by atoms with Crippen LogP contribution in [0.3, 0.4) is 0 Å². The lowest BCUT2D eigenvalue weighted by atomic mass is 10.5. The number of hydrogen-bond acceptors (Lipinski definition) is 4. The zero-order chi connectivity index (χ0) is 10.5. The van der Waals surface area contributed by atoms with Gasteiger partial charge in [0.05, 0.1) is 5.69 Å². The molecule has 0 amide bonds. The molecule has 0 aliphatic carbocycles. The topological polar surface area (TPSA) is 71.7 Å². The Balaban J connectivity index is 2.99. The van der Waals surface area contributed by atoms with Gasteiger partial charge in [0.1, 0.15) is 0 Å². The molecule has 76 valence electrons. The van der Waals surface area contributed by atoms with E-state index in [1.54, 1.807) is 19.2 Å². The fourth-order valence-electron chi connectivity index (χ4n) is 1.37. The Hall–Kier alpha value is -0.920. The molecule has 14 heavy (non-hydrogen) atoms. The van der Waals surface area contributed by atoms with Crippen LogP contribution < -0.4 is 0 Å². The van der Waals surface area contributed by atoms with Crippen molar-refractivity contribution >= 4 is 26.4 Å². The Morgan fingerprint density at radius 1 is 1.50 bits per heavy atom. The van der Waals surface area contributed by atoms with Gasteiger partial charge in [-0.2, -0.15) is 8.42 Å². The van der Waals surface area contributed by atoms with Crippen LogP contribution in [0.25, 0.3) is 4.96 Å². The van der Waals surface area contributed by atoms with Crippen molar-refractivity contribution in [3.8, 4) is 0 Å². The molecule has 0 unspecified atom stereocenters. The number of fused-ring (bicyclic) bond motifs is 1. The molecule has 2 aromatic heterocycles. The molecule has 2 heterocycles. The molecule has 0 spiro atoms. The van der Waals surface area contributed by atoms with Gasteiger partial charge in [-0.3, -0.25) is 8.95 Å². The third kappa shape index (κ3) is 1.24. The van der Waals surface area contributed by atoms with Gasteiger partial charge < -0.3 is 0 Å². The van der Waals surface area contributed by atoms with E-state index in [2.05, 4.69) is 4.98 Å².